The van der Waals surface area contributed by atoms with Gasteiger partial charge in [0.25, 0.3) is 0 Å². The van der Waals surface area contributed by atoms with E-state index in [-0.39, 0.29) is 11.7 Å². The van der Waals surface area contributed by atoms with Crippen molar-refractivity contribution in [2.75, 3.05) is 26.3 Å². The van der Waals surface area contributed by atoms with Crippen molar-refractivity contribution < 1.29 is 14.6 Å². The Balaban J connectivity index is 2.01. The molecule has 1 amide bonds. The van der Waals surface area contributed by atoms with Crippen molar-refractivity contribution >= 4 is 5.91 Å². The summed E-state index contributed by atoms with van der Waals surface area (Å²) in [6.07, 6.45) is 1.24. The molecule has 0 atom stereocenters. The summed E-state index contributed by atoms with van der Waals surface area (Å²) in [5.74, 6) is 0.375. The number of carbonyl (C=O) groups excluding carboxylic acids is 1. The third-order valence-corrected chi connectivity index (χ3v) is 3.28. The van der Waals surface area contributed by atoms with Gasteiger partial charge in [0.05, 0.1) is 13.2 Å². The summed E-state index contributed by atoms with van der Waals surface area (Å²) in [6, 6.07) is 5.30. The second-order valence-corrected chi connectivity index (χ2v) is 4.67. The molecule has 5 nitrogen and oxygen atoms in total. The monoisotopic (exact) mass is 264 g/mol. The first-order valence-electron chi connectivity index (χ1n) is 6.57. The zero-order valence-electron chi connectivity index (χ0n) is 11.0. The summed E-state index contributed by atoms with van der Waals surface area (Å²) >= 11 is 0. The Hall–Kier alpha value is -1.59. The molecule has 2 rings (SSSR count). The number of aromatic hydroxyl groups is 1. The van der Waals surface area contributed by atoms with Crippen LogP contribution in [-0.4, -0.2) is 42.2 Å². The number of hydrogen-bond acceptors (Lipinski definition) is 4. The van der Waals surface area contributed by atoms with Crippen molar-refractivity contribution in [1.29, 1.82) is 0 Å². The van der Waals surface area contributed by atoms with E-state index >= 15 is 0 Å². The summed E-state index contributed by atoms with van der Waals surface area (Å²) in [6.45, 7) is 2.60. The van der Waals surface area contributed by atoms with Crippen molar-refractivity contribution in [3.63, 3.8) is 0 Å². The van der Waals surface area contributed by atoms with Gasteiger partial charge in [0, 0.05) is 26.1 Å². The highest BCUT2D eigenvalue weighted by Crippen LogP contribution is 2.23. The molecular formula is C14H20N2O3. The molecule has 1 aliphatic heterocycles. The summed E-state index contributed by atoms with van der Waals surface area (Å²) < 4.78 is 5.32. The fourth-order valence-corrected chi connectivity index (χ4v) is 2.26. The van der Waals surface area contributed by atoms with Gasteiger partial charge in [0.15, 0.2) is 0 Å². The Morgan fingerprint density at radius 2 is 2.11 bits per heavy atom. The van der Waals surface area contributed by atoms with Crippen molar-refractivity contribution in [1.82, 2.24) is 4.90 Å². The largest absolute Gasteiger partial charge is 0.508 e. The number of hydrogen-bond donors (Lipinski definition) is 2. The fourth-order valence-electron chi connectivity index (χ4n) is 2.26. The van der Waals surface area contributed by atoms with E-state index in [1.165, 1.54) is 0 Å². The molecule has 0 spiro atoms. The standard InChI is InChI=1S/C14H20N2O3/c15-5-7-19-8-6-16-10-12-9-13(17)3-1-11(12)2-4-14(16)18/h1,3,9,17H,2,4-8,10,15H2. The number of phenolic OH excluding ortho intramolecular Hbond substituents is 1. The lowest BCUT2D eigenvalue weighted by molar-refractivity contribution is -0.132. The molecule has 0 radical (unpaired) electrons. The number of ether oxygens (including phenoxy) is 1. The molecule has 0 bridgehead atoms. The van der Waals surface area contributed by atoms with Crippen LogP contribution in [0.3, 0.4) is 0 Å². The summed E-state index contributed by atoms with van der Waals surface area (Å²) in [5, 5.41) is 9.54. The molecule has 1 aromatic rings. The van der Waals surface area contributed by atoms with E-state index in [9.17, 15) is 9.90 Å². The number of nitrogens with two attached hydrogens (primary N) is 1. The maximum Gasteiger partial charge on any atom is 0.223 e. The lowest BCUT2D eigenvalue weighted by Crippen LogP contribution is -2.32. The number of fused-ring (bicyclic) bond motifs is 1. The number of nitrogens with zero attached hydrogens (tertiary/aromatic N) is 1. The van der Waals surface area contributed by atoms with Gasteiger partial charge in [-0.3, -0.25) is 4.79 Å². The van der Waals surface area contributed by atoms with Crippen LogP contribution in [0.4, 0.5) is 0 Å². The molecule has 104 valence electrons. The van der Waals surface area contributed by atoms with Crippen LogP contribution in [-0.2, 0) is 22.5 Å². The zero-order chi connectivity index (χ0) is 13.7. The summed E-state index contributed by atoms with van der Waals surface area (Å²) in [7, 11) is 0. The molecule has 0 aromatic heterocycles. The number of phenols is 1. The lowest BCUT2D eigenvalue weighted by Gasteiger charge is -2.21. The molecule has 0 aliphatic carbocycles. The quantitative estimate of drug-likeness (QED) is 0.765. The van der Waals surface area contributed by atoms with Crippen molar-refractivity contribution in [3.05, 3.63) is 29.3 Å². The molecule has 0 fully saturated rings. The SMILES string of the molecule is NCCOCCN1Cc2cc(O)ccc2CCC1=O. The molecule has 5 heteroatoms. The van der Waals surface area contributed by atoms with Crippen molar-refractivity contribution in [3.8, 4) is 5.75 Å². The lowest BCUT2D eigenvalue weighted by atomic mass is 10.0. The Morgan fingerprint density at radius 3 is 2.89 bits per heavy atom. The van der Waals surface area contributed by atoms with Gasteiger partial charge in [-0.05, 0) is 29.7 Å². The number of carbonyl (C=O) groups is 1. The van der Waals surface area contributed by atoms with E-state index in [4.69, 9.17) is 10.5 Å². The highest BCUT2D eigenvalue weighted by Gasteiger charge is 2.20. The minimum absolute atomic E-state index is 0.132. The molecule has 19 heavy (non-hydrogen) atoms. The average Bonchev–Trinajstić information content (AvgIpc) is 2.55. The minimum atomic E-state index is 0.132. The van der Waals surface area contributed by atoms with Gasteiger partial charge in [0.2, 0.25) is 5.91 Å². The Kier molecular flexibility index (Phi) is 4.76. The van der Waals surface area contributed by atoms with Gasteiger partial charge in [0.1, 0.15) is 5.75 Å². The van der Waals surface area contributed by atoms with Gasteiger partial charge in [-0.2, -0.15) is 0 Å². The van der Waals surface area contributed by atoms with Crippen molar-refractivity contribution in [2.24, 2.45) is 5.73 Å². The highest BCUT2D eigenvalue weighted by atomic mass is 16.5. The first-order valence-corrected chi connectivity index (χ1v) is 6.57. The Bertz CT molecular complexity index is 448. The smallest absolute Gasteiger partial charge is 0.223 e. The number of rotatable bonds is 5. The third-order valence-electron chi connectivity index (χ3n) is 3.28. The Labute approximate surface area is 113 Å². The summed E-state index contributed by atoms with van der Waals surface area (Å²) in [5.41, 5.74) is 7.50. The first kappa shape index (κ1) is 13.8. The predicted molar refractivity (Wildman–Crippen MR) is 71.7 cm³/mol. The average molecular weight is 264 g/mol. The molecule has 1 heterocycles. The van der Waals surface area contributed by atoms with Crippen LogP contribution >= 0.6 is 0 Å². The fraction of sp³-hybridized carbons (Fsp3) is 0.500. The van der Waals surface area contributed by atoms with Crippen LogP contribution in [0.25, 0.3) is 0 Å². The topological polar surface area (TPSA) is 75.8 Å². The number of aryl methyl sites for hydroxylation is 1. The van der Waals surface area contributed by atoms with Crippen LogP contribution in [0.5, 0.6) is 5.75 Å². The van der Waals surface area contributed by atoms with Crippen LogP contribution in [0.15, 0.2) is 18.2 Å². The predicted octanol–water partition coefficient (Wildman–Crippen LogP) is 0.642. The molecule has 1 aliphatic rings. The maximum atomic E-state index is 12.0. The van der Waals surface area contributed by atoms with E-state index in [1.54, 1.807) is 17.0 Å². The minimum Gasteiger partial charge on any atom is -0.508 e. The van der Waals surface area contributed by atoms with Gasteiger partial charge >= 0.3 is 0 Å². The summed E-state index contributed by atoms with van der Waals surface area (Å²) in [4.78, 5) is 13.8. The van der Waals surface area contributed by atoms with Crippen LogP contribution in [0.1, 0.15) is 17.5 Å². The van der Waals surface area contributed by atoms with Crippen LogP contribution < -0.4 is 5.73 Å². The maximum absolute atomic E-state index is 12.0. The molecular weight excluding hydrogens is 244 g/mol. The second-order valence-electron chi connectivity index (χ2n) is 4.67. The number of amides is 1. The van der Waals surface area contributed by atoms with Gasteiger partial charge in [-0.25, -0.2) is 0 Å². The van der Waals surface area contributed by atoms with E-state index in [1.807, 2.05) is 6.07 Å². The molecule has 0 saturated heterocycles. The molecule has 3 N–H and O–H groups in total. The van der Waals surface area contributed by atoms with E-state index in [0.717, 1.165) is 17.5 Å². The molecule has 1 aromatic carbocycles. The zero-order valence-corrected chi connectivity index (χ0v) is 11.0. The highest BCUT2D eigenvalue weighted by molar-refractivity contribution is 5.77. The molecule has 0 unspecified atom stereocenters. The van der Waals surface area contributed by atoms with Gasteiger partial charge < -0.3 is 20.5 Å². The van der Waals surface area contributed by atoms with Gasteiger partial charge in [-0.1, -0.05) is 6.07 Å². The Morgan fingerprint density at radius 1 is 1.26 bits per heavy atom. The normalized spacial score (nSPS) is 15.2. The van der Waals surface area contributed by atoms with Crippen LogP contribution in [0.2, 0.25) is 0 Å². The van der Waals surface area contributed by atoms with E-state index < -0.39 is 0 Å². The second kappa shape index (κ2) is 6.54. The number of benzene rings is 1. The molecule has 0 saturated carbocycles. The van der Waals surface area contributed by atoms with E-state index in [0.29, 0.717) is 39.3 Å². The van der Waals surface area contributed by atoms with Gasteiger partial charge in [-0.15, -0.1) is 0 Å². The van der Waals surface area contributed by atoms with E-state index in [2.05, 4.69) is 0 Å². The van der Waals surface area contributed by atoms with Crippen LogP contribution in [0, 0.1) is 0 Å². The third kappa shape index (κ3) is 3.68. The van der Waals surface area contributed by atoms with Crippen molar-refractivity contribution in [2.45, 2.75) is 19.4 Å². The first-order chi connectivity index (χ1) is 9.20.